The van der Waals surface area contributed by atoms with E-state index in [1.165, 1.54) is 0 Å². The Morgan fingerprint density at radius 1 is 1.35 bits per heavy atom. The maximum atomic E-state index is 5.65. The molecule has 4 heterocycles. The van der Waals surface area contributed by atoms with Crippen molar-refractivity contribution in [1.29, 1.82) is 0 Å². The zero-order valence-corrected chi connectivity index (χ0v) is 12.9. The minimum Gasteiger partial charge on any atom is -0.370 e. The van der Waals surface area contributed by atoms with Crippen LogP contribution in [-0.4, -0.2) is 26.2 Å². The molecule has 7 heteroatoms. The maximum absolute atomic E-state index is 5.65. The number of fused-ring (bicyclic) bond motifs is 1. The molecule has 0 amide bonds. The van der Waals surface area contributed by atoms with Crippen molar-refractivity contribution in [2.45, 2.75) is 18.9 Å². The lowest BCUT2D eigenvalue weighted by molar-refractivity contribution is 0.105. The van der Waals surface area contributed by atoms with E-state index in [4.69, 9.17) is 4.74 Å². The largest absolute Gasteiger partial charge is 0.370 e. The van der Waals surface area contributed by atoms with E-state index < -0.39 is 0 Å². The lowest BCUT2D eigenvalue weighted by atomic mass is 10.2. The van der Waals surface area contributed by atoms with Gasteiger partial charge in [0.15, 0.2) is 5.82 Å². The Balaban J connectivity index is 1.85. The van der Waals surface area contributed by atoms with Crippen molar-refractivity contribution < 1.29 is 4.74 Å². The van der Waals surface area contributed by atoms with Crippen molar-refractivity contribution in [2.75, 3.05) is 6.61 Å². The van der Waals surface area contributed by atoms with E-state index in [-0.39, 0.29) is 6.10 Å². The fourth-order valence-electron chi connectivity index (χ4n) is 2.37. The van der Waals surface area contributed by atoms with Gasteiger partial charge in [-0.2, -0.15) is 9.50 Å². The molecule has 0 spiro atoms. The Morgan fingerprint density at radius 2 is 2.30 bits per heavy atom. The van der Waals surface area contributed by atoms with Gasteiger partial charge in [0.05, 0.1) is 14.4 Å². The number of nitrogens with zero attached hydrogens (tertiary/aromatic N) is 4. The monoisotopic (exact) mass is 350 g/mol. The molecule has 3 aromatic heterocycles. The molecule has 3 aromatic rings. The summed E-state index contributed by atoms with van der Waals surface area (Å²) in [6.07, 6.45) is 3.83. The molecular formula is C13H11BrN4OS. The number of hydrogen-bond donors (Lipinski definition) is 0. The smallest absolute Gasteiger partial charge is 0.253 e. The van der Waals surface area contributed by atoms with Crippen molar-refractivity contribution in [3.05, 3.63) is 34.0 Å². The minimum absolute atomic E-state index is 0.0135. The van der Waals surface area contributed by atoms with Gasteiger partial charge in [0.25, 0.3) is 5.78 Å². The van der Waals surface area contributed by atoms with Crippen LogP contribution >= 0.6 is 27.3 Å². The van der Waals surface area contributed by atoms with Crippen LogP contribution in [0, 0.1) is 0 Å². The van der Waals surface area contributed by atoms with Crippen LogP contribution < -0.4 is 0 Å². The van der Waals surface area contributed by atoms with Gasteiger partial charge in [0.2, 0.25) is 0 Å². The number of ether oxygens (including phenoxy) is 1. The van der Waals surface area contributed by atoms with Crippen molar-refractivity contribution >= 4 is 33.0 Å². The third-order valence-electron chi connectivity index (χ3n) is 3.30. The van der Waals surface area contributed by atoms with Gasteiger partial charge in [-0.1, -0.05) is 0 Å². The molecule has 0 unspecified atom stereocenters. The topological polar surface area (TPSA) is 52.3 Å². The third-order valence-corrected chi connectivity index (χ3v) is 4.95. The van der Waals surface area contributed by atoms with Crippen LogP contribution in [0.1, 0.15) is 24.8 Å². The summed E-state index contributed by atoms with van der Waals surface area (Å²) < 4.78 is 8.54. The average molecular weight is 351 g/mol. The molecule has 0 bridgehead atoms. The van der Waals surface area contributed by atoms with Crippen LogP contribution in [0.15, 0.2) is 28.2 Å². The van der Waals surface area contributed by atoms with Gasteiger partial charge >= 0.3 is 0 Å². The van der Waals surface area contributed by atoms with Crippen LogP contribution in [-0.2, 0) is 4.74 Å². The third kappa shape index (κ3) is 2.06. The predicted molar refractivity (Wildman–Crippen MR) is 79.7 cm³/mol. The first-order valence-corrected chi connectivity index (χ1v) is 8.01. The van der Waals surface area contributed by atoms with Crippen molar-refractivity contribution in [2.24, 2.45) is 0 Å². The first-order valence-electron chi connectivity index (χ1n) is 6.40. The quantitative estimate of drug-likeness (QED) is 0.710. The van der Waals surface area contributed by atoms with E-state index >= 15 is 0 Å². The molecule has 0 N–H and O–H groups in total. The molecule has 1 aliphatic heterocycles. The van der Waals surface area contributed by atoms with E-state index in [0.29, 0.717) is 5.78 Å². The highest BCUT2D eigenvalue weighted by Gasteiger charge is 2.23. The molecule has 1 fully saturated rings. The summed E-state index contributed by atoms with van der Waals surface area (Å²) in [7, 11) is 0. The zero-order chi connectivity index (χ0) is 13.5. The number of aromatic nitrogens is 4. The molecule has 4 rings (SSSR count). The molecule has 1 atom stereocenters. The summed E-state index contributed by atoms with van der Waals surface area (Å²) in [5.41, 5.74) is 1.00. The Labute approximate surface area is 127 Å². The second-order valence-electron chi connectivity index (χ2n) is 4.62. The number of rotatable bonds is 2. The Kier molecular flexibility index (Phi) is 3.05. The van der Waals surface area contributed by atoms with E-state index in [0.717, 1.165) is 39.6 Å². The van der Waals surface area contributed by atoms with Crippen LogP contribution in [0.25, 0.3) is 16.3 Å². The van der Waals surface area contributed by atoms with E-state index in [9.17, 15) is 0 Å². The lowest BCUT2D eigenvalue weighted by Crippen LogP contribution is -1.99. The summed E-state index contributed by atoms with van der Waals surface area (Å²) in [5, 5.41) is 4.59. The molecule has 0 radical (unpaired) electrons. The molecule has 20 heavy (non-hydrogen) atoms. The molecule has 0 aliphatic carbocycles. The van der Waals surface area contributed by atoms with Gasteiger partial charge in [-0.25, -0.2) is 4.98 Å². The molecule has 5 nitrogen and oxygen atoms in total. The van der Waals surface area contributed by atoms with Gasteiger partial charge in [-0.05, 0) is 47.0 Å². The van der Waals surface area contributed by atoms with Crippen LogP contribution in [0.5, 0.6) is 0 Å². The maximum Gasteiger partial charge on any atom is 0.253 e. The second-order valence-corrected chi connectivity index (χ2v) is 7.08. The molecule has 102 valence electrons. The number of hydrogen-bond acceptors (Lipinski definition) is 5. The highest BCUT2D eigenvalue weighted by Crippen LogP contribution is 2.32. The fourth-order valence-corrected chi connectivity index (χ4v) is 3.76. The molecule has 0 aromatic carbocycles. The summed E-state index contributed by atoms with van der Waals surface area (Å²) in [6, 6.07) is 6.06. The Morgan fingerprint density at radius 3 is 3.05 bits per heavy atom. The summed E-state index contributed by atoms with van der Waals surface area (Å²) in [6.45, 7) is 0.790. The van der Waals surface area contributed by atoms with Crippen LogP contribution in [0.3, 0.4) is 0 Å². The van der Waals surface area contributed by atoms with Crippen LogP contribution in [0.2, 0.25) is 0 Å². The number of thiophene rings is 1. The number of halogens is 1. The van der Waals surface area contributed by atoms with Crippen molar-refractivity contribution in [3.63, 3.8) is 0 Å². The van der Waals surface area contributed by atoms with Gasteiger partial charge < -0.3 is 4.74 Å². The van der Waals surface area contributed by atoms with E-state index in [1.807, 2.05) is 12.1 Å². The van der Waals surface area contributed by atoms with Gasteiger partial charge in [-0.3, -0.25) is 0 Å². The normalized spacial score (nSPS) is 18.9. The SMILES string of the molecule is Brc1ccc(-c2ccnc3nc([C@H]4CCCO4)nn23)s1. The molecule has 1 saturated heterocycles. The first-order chi connectivity index (χ1) is 9.81. The zero-order valence-electron chi connectivity index (χ0n) is 10.5. The fraction of sp³-hybridized carbons (Fsp3) is 0.308. The molecule has 0 saturated carbocycles. The Hall–Kier alpha value is -1.31. The van der Waals surface area contributed by atoms with Crippen LogP contribution in [0.4, 0.5) is 0 Å². The first kappa shape index (κ1) is 12.4. The summed E-state index contributed by atoms with van der Waals surface area (Å²) >= 11 is 5.16. The standard InChI is InChI=1S/C13H11BrN4OS/c14-11-4-3-10(20-11)8-5-6-15-13-16-12(17-18(8)13)9-2-1-7-19-9/h3-6,9H,1-2,7H2/t9-/m1/s1. The van der Waals surface area contributed by atoms with Crippen molar-refractivity contribution in [3.8, 4) is 10.6 Å². The van der Waals surface area contributed by atoms with E-state index in [2.05, 4.69) is 37.1 Å². The second kappa shape index (κ2) is 4.91. The molecule has 1 aliphatic rings. The average Bonchev–Trinajstić information content (AvgIpc) is 3.17. The van der Waals surface area contributed by atoms with Gasteiger partial charge in [0.1, 0.15) is 6.10 Å². The molecular weight excluding hydrogens is 340 g/mol. The van der Waals surface area contributed by atoms with Gasteiger partial charge in [0, 0.05) is 12.8 Å². The highest BCUT2D eigenvalue weighted by atomic mass is 79.9. The summed E-state index contributed by atoms with van der Waals surface area (Å²) in [4.78, 5) is 9.92. The summed E-state index contributed by atoms with van der Waals surface area (Å²) in [5.74, 6) is 1.36. The predicted octanol–water partition coefficient (Wildman–Crippen LogP) is 3.47. The Bertz CT molecular complexity index is 763. The lowest BCUT2D eigenvalue weighted by Gasteiger charge is -2.02. The highest BCUT2D eigenvalue weighted by molar-refractivity contribution is 9.11. The van der Waals surface area contributed by atoms with Crippen molar-refractivity contribution in [1.82, 2.24) is 19.6 Å². The van der Waals surface area contributed by atoms with Gasteiger partial charge in [-0.15, -0.1) is 16.4 Å². The van der Waals surface area contributed by atoms with E-state index in [1.54, 1.807) is 22.0 Å². The minimum atomic E-state index is 0.0135.